The van der Waals surface area contributed by atoms with E-state index in [-0.39, 0.29) is 5.91 Å². The van der Waals surface area contributed by atoms with E-state index in [4.69, 9.17) is 4.74 Å². The first-order valence-corrected chi connectivity index (χ1v) is 9.20. The molecule has 0 atom stereocenters. The average Bonchev–Trinajstić information content (AvgIpc) is 2.57. The number of pyridine rings is 1. The lowest BCUT2D eigenvalue weighted by Crippen LogP contribution is -2.33. The van der Waals surface area contributed by atoms with Crippen LogP contribution in [0.15, 0.2) is 47.1 Å². The van der Waals surface area contributed by atoms with Gasteiger partial charge >= 0.3 is 0 Å². The Hall–Kier alpha value is -1.88. The van der Waals surface area contributed by atoms with Crippen LogP contribution in [-0.2, 0) is 0 Å². The fraction of sp³-hybridized carbons (Fsp3) is 0.368. The maximum atomic E-state index is 12.6. The Labute approximate surface area is 151 Å². The summed E-state index contributed by atoms with van der Waals surface area (Å²) in [6.45, 7) is 1.69. The zero-order valence-electron chi connectivity index (χ0n) is 13.6. The van der Waals surface area contributed by atoms with Crippen LogP contribution in [-0.4, -0.2) is 28.9 Å². The van der Waals surface area contributed by atoms with E-state index in [0.29, 0.717) is 17.2 Å². The lowest BCUT2D eigenvalue weighted by atomic mass is 10.1. The summed E-state index contributed by atoms with van der Waals surface area (Å²) < 4.78 is 6.69. The van der Waals surface area contributed by atoms with Crippen LogP contribution >= 0.6 is 15.9 Å². The quantitative estimate of drug-likeness (QED) is 0.739. The monoisotopic (exact) mass is 388 g/mol. The molecule has 24 heavy (non-hydrogen) atoms. The summed E-state index contributed by atoms with van der Waals surface area (Å²) in [4.78, 5) is 18.8. The van der Waals surface area contributed by atoms with Crippen molar-refractivity contribution in [3.63, 3.8) is 0 Å². The van der Waals surface area contributed by atoms with Crippen LogP contribution in [0.2, 0.25) is 0 Å². The first-order chi connectivity index (χ1) is 11.7. The van der Waals surface area contributed by atoms with Crippen molar-refractivity contribution in [2.24, 2.45) is 0 Å². The number of hydrogen-bond donors (Lipinski definition) is 0. The Morgan fingerprint density at radius 2 is 1.62 bits per heavy atom. The zero-order valence-corrected chi connectivity index (χ0v) is 15.2. The molecule has 1 amide bonds. The topological polar surface area (TPSA) is 42.4 Å². The van der Waals surface area contributed by atoms with Crippen LogP contribution in [0.1, 0.15) is 42.5 Å². The minimum absolute atomic E-state index is 0.0691. The molecule has 1 saturated heterocycles. The highest BCUT2D eigenvalue weighted by Crippen LogP contribution is 2.22. The SMILES string of the molecule is O=C(c1ccc(Oc2ccc(Br)cc2)nc1)N1CCCCCCC1. The predicted octanol–water partition coefficient (Wildman–Crippen LogP) is 5.04. The number of amides is 1. The maximum absolute atomic E-state index is 12.6. The number of halogens is 1. The minimum atomic E-state index is 0.0691. The van der Waals surface area contributed by atoms with Crippen molar-refractivity contribution in [1.29, 1.82) is 0 Å². The lowest BCUT2D eigenvalue weighted by Gasteiger charge is -2.24. The highest BCUT2D eigenvalue weighted by molar-refractivity contribution is 9.10. The second-order valence-corrected chi connectivity index (χ2v) is 6.92. The highest BCUT2D eigenvalue weighted by Gasteiger charge is 2.17. The summed E-state index contributed by atoms with van der Waals surface area (Å²) in [5, 5.41) is 0. The number of ether oxygens (including phenoxy) is 1. The van der Waals surface area contributed by atoms with E-state index in [1.54, 1.807) is 18.3 Å². The van der Waals surface area contributed by atoms with Gasteiger partial charge in [-0.05, 0) is 43.2 Å². The van der Waals surface area contributed by atoms with Crippen molar-refractivity contribution in [2.45, 2.75) is 32.1 Å². The van der Waals surface area contributed by atoms with Gasteiger partial charge in [0.1, 0.15) is 5.75 Å². The van der Waals surface area contributed by atoms with Crippen LogP contribution in [0.3, 0.4) is 0 Å². The second kappa shape index (κ2) is 8.29. The van der Waals surface area contributed by atoms with E-state index in [2.05, 4.69) is 20.9 Å². The molecule has 4 nitrogen and oxygen atoms in total. The third kappa shape index (κ3) is 4.57. The molecule has 1 fully saturated rings. The van der Waals surface area contributed by atoms with Gasteiger partial charge in [-0.25, -0.2) is 4.98 Å². The van der Waals surface area contributed by atoms with E-state index < -0.39 is 0 Å². The van der Waals surface area contributed by atoms with Gasteiger partial charge in [0.25, 0.3) is 5.91 Å². The lowest BCUT2D eigenvalue weighted by molar-refractivity contribution is 0.0742. The molecule has 1 aliphatic rings. The number of hydrogen-bond acceptors (Lipinski definition) is 3. The number of carbonyl (C=O) groups excluding carboxylic acids is 1. The Morgan fingerprint density at radius 3 is 2.25 bits per heavy atom. The average molecular weight is 389 g/mol. The molecule has 1 aromatic heterocycles. The molecule has 3 rings (SSSR count). The zero-order chi connectivity index (χ0) is 16.8. The van der Waals surface area contributed by atoms with Crippen molar-refractivity contribution in [2.75, 3.05) is 13.1 Å². The molecule has 1 aromatic carbocycles. The summed E-state index contributed by atoms with van der Waals surface area (Å²) >= 11 is 3.39. The highest BCUT2D eigenvalue weighted by atomic mass is 79.9. The first-order valence-electron chi connectivity index (χ1n) is 8.41. The molecule has 0 bridgehead atoms. The number of nitrogens with zero attached hydrogens (tertiary/aromatic N) is 2. The van der Waals surface area contributed by atoms with Crippen LogP contribution < -0.4 is 4.74 Å². The van der Waals surface area contributed by atoms with Crippen LogP contribution in [0.5, 0.6) is 11.6 Å². The summed E-state index contributed by atoms with van der Waals surface area (Å²) in [6, 6.07) is 11.1. The Morgan fingerprint density at radius 1 is 0.958 bits per heavy atom. The molecule has 2 heterocycles. The summed E-state index contributed by atoms with van der Waals surface area (Å²) in [7, 11) is 0. The van der Waals surface area contributed by atoms with E-state index in [0.717, 1.165) is 30.4 Å². The van der Waals surface area contributed by atoms with Gasteiger partial charge in [-0.3, -0.25) is 4.79 Å². The van der Waals surface area contributed by atoms with Gasteiger partial charge in [-0.15, -0.1) is 0 Å². The van der Waals surface area contributed by atoms with Crippen LogP contribution in [0, 0.1) is 0 Å². The smallest absolute Gasteiger partial charge is 0.255 e. The van der Waals surface area contributed by atoms with E-state index >= 15 is 0 Å². The fourth-order valence-corrected chi connectivity index (χ4v) is 3.09. The molecule has 0 spiro atoms. The van der Waals surface area contributed by atoms with E-state index in [9.17, 15) is 4.79 Å². The molecule has 0 radical (unpaired) electrons. The van der Waals surface area contributed by atoms with Crippen LogP contribution in [0.4, 0.5) is 0 Å². The summed E-state index contributed by atoms with van der Waals surface area (Å²) in [5.74, 6) is 1.27. The van der Waals surface area contributed by atoms with Gasteiger partial charge in [0.05, 0.1) is 5.56 Å². The van der Waals surface area contributed by atoms with Gasteiger partial charge < -0.3 is 9.64 Å². The molecule has 0 unspecified atom stereocenters. The van der Waals surface area contributed by atoms with E-state index in [1.807, 2.05) is 29.2 Å². The second-order valence-electron chi connectivity index (χ2n) is 6.00. The van der Waals surface area contributed by atoms with Gasteiger partial charge in [0.15, 0.2) is 0 Å². The summed E-state index contributed by atoms with van der Waals surface area (Å²) in [5.41, 5.74) is 0.624. The Kier molecular flexibility index (Phi) is 5.86. The molecule has 5 heteroatoms. The van der Waals surface area contributed by atoms with E-state index in [1.165, 1.54) is 19.3 Å². The van der Waals surface area contributed by atoms with Gasteiger partial charge in [0.2, 0.25) is 5.88 Å². The first kappa shape index (κ1) is 17.0. The van der Waals surface area contributed by atoms with Crippen molar-refractivity contribution >= 4 is 21.8 Å². The number of carbonyl (C=O) groups is 1. The molecular weight excluding hydrogens is 368 g/mol. The summed E-state index contributed by atoms with van der Waals surface area (Å²) in [6.07, 6.45) is 7.48. The molecule has 0 aliphatic carbocycles. The Bertz CT molecular complexity index is 663. The third-order valence-corrected chi connectivity index (χ3v) is 4.69. The van der Waals surface area contributed by atoms with Crippen molar-refractivity contribution in [3.05, 3.63) is 52.6 Å². The number of aromatic nitrogens is 1. The fourth-order valence-electron chi connectivity index (χ4n) is 2.82. The molecular formula is C19H21BrN2O2. The van der Waals surface area contributed by atoms with Gasteiger partial charge in [-0.1, -0.05) is 35.2 Å². The van der Waals surface area contributed by atoms with Gasteiger partial charge in [0, 0.05) is 29.8 Å². The molecule has 1 aliphatic heterocycles. The van der Waals surface area contributed by atoms with Crippen molar-refractivity contribution in [1.82, 2.24) is 9.88 Å². The largest absolute Gasteiger partial charge is 0.439 e. The van der Waals surface area contributed by atoms with Crippen LogP contribution in [0.25, 0.3) is 0 Å². The molecule has 126 valence electrons. The molecule has 0 N–H and O–H groups in total. The molecule has 2 aromatic rings. The Balaban J connectivity index is 1.64. The third-order valence-electron chi connectivity index (χ3n) is 4.16. The normalized spacial score (nSPS) is 15.5. The maximum Gasteiger partial charge on any atom is 0.255 e. The standard InChI is InChI=1S/C19H21BrN2O2/c20-16-7-9-17(10-8-16)24-18-11-6-15(14-21-18)19(23)22-12-4-2-1-3-5-13-22/h6-11,14H,1-5,12-13H2. The number of benzene rings is 1. The molecule has 0 saturated carbocycles. The van der Waals surface area contributed by atoms with Crippen molar-refractivity contribution in [3.8, 4) is 11.6 Å². The van der Waals surface area contributed by atoms with Crippen molar-refractivity contribution < 1.29 is 9.53 Å². The number of rotatable bonds is 3. The van der Waals surface area contributed by atoms with Gasteiger partial charge in [-0.2, -0.15) is 0 Å². The number of likely N-dealkylation sites (tertiary alicyclic amines) is 1. The minimum Gasteiger partial charge on any atom is -0.439 e. The predicted molar refractivity (Wildman–Crippen MR) is 97.4 cm³/mol.